The maximum absolute atomic E-state index is 12.3. The fraction of sp³-hybridized carbons (Fsp3) is 0.381. The molecule has 132 valence electrons. The van der Waals surface area contributed by atoms with Gasteiger partial charge in [-0.15, -0.1) is 0 Å². The zero-order valence-electron chi connectivity index (χ0n) is 15.0. The fourth-order valence-electron chi connectivity index (χ4n) is 3.12. The Morgan fingerprint density at radius 3 is 2.32 bits per heavy atom. The summed E-state index contributed by atoms with van der Waals surface area (Å²) in [6, 6.07) is 15.3. The molecule has 1 fully saturated rings. The lowest BCUT2D eigenvalue weighted by Crippen LogP contribution is -2.32. The number of hydrogen-bond donors (Lipinski definition) is 1. The molecule has 2 aromatic rings. The quantitative estimate of drug-likeness (QED) is 0.889. The number of nitrogens with one attached hydrogen (secondary N) is 1. The van der Waals surface area contributed by atoms with Gasteiger partial charge in [0.1, 0.15) is 5.75 Å². The summed E-state index contributed by atoms with van der Waals surface area (Å²) in [6.07, 6.45) is 2.58. The van der Waals surface area contributed by atoms with Crippen molar-refractivity contribution in [2.24, 2.45) is 5.92 Å². The summed E-state index contributed by atoms with van der Waals surface area (Å²) in [7, 11) is 1.61. The van der Waals surface area contributed by atoms with E-state index in [1.165, 1.54) is 31.5 Å². The minimum atomic E-state index is -0.111. The van der Waals surface area contributed by atoms with Gasteiger partial charge in [-0.25, -0.2) is 0 Å². The van der Waals surface area contributed by atoms with Gasteiger partial charge in [0.05, 0.1) is 7.11 Å². The van der Waals surface area contributed by atoms with E-state index in [1.807, 2.05) is 12.1 Å². The number of methoxy groups -OCH3 is 1. The van der Waals surface area contributed by atoms with Crippen molar-refractivity contribution < 1.29 is 9.53 Å². The molecule has 0 saturated carbocycles. The molecule has 1 aliphatic rings. The van der Waals surface area contributed by atoms with E-state index >= 15 is 0 Å². The normalized spacial score (nSPS) is 15.8. The molecule has 0 radical (unpaired) electrons. The Balaban J connectivity index is 1.55. The van der Waals surface area contributed by atoms with Crippen LogP contribution in [0.25, 0.3) is 0 Å². The fourth-order valence-corrected chi connectivity index (χ4v) is 3.12. The highest BCUT2D eigenvalue weighted by Crippen LogP contribution is 2.19. The number of anilines is 1. The van der Waals surface area contributed by atoms with Gasteiger partial charge in [-0.3, -0.25) is 9.69 Å². The van der Waals surface area contributed by atoms with Crippen LogP contribution in [0, 0.1) is 5.92 Å². The van der Waals surface area contributed by atoms with Crippen molar-refractivity contribution in [2.75, 3.05) is 25.5 Å². The van der Waals surface area contributed by atoms with Gasteiger partial charge in [-0.1, -0.05) is 19.1 Å². The maximum atomic E-state index is 12.3. The molecule has 3 rings (SSSR count). The Bertz CT molecular complexity index is 687. The van der Waals surface area contributed by atoms with Gasteiger partial charge in [-0.2, -0.15) is 0 Å². The lowest BCUT2D eigenvalue weighted by atomic mass is 9.99. The van der Waals surface area contributed by atoms with E-state index in [1.54, 1.807) is 31.4 Å². The Labute approximate surface area is 149 Å². The molecule has 0 aliphatic carbocycles. The van der Waals surface area contributed by atoms with Crippen LogP contribution in [0.1, 0.15) is 35.7 Å². The number of rotatable bonds is 5. The summed E-state index contributed by atoms with van der Waals surface area (Å²) in [5, 5.41) is 2.94. The second-order valence-corrected chi connectivity index (χ2v) is 6.84. The van der Waals surface area contributed by atoms with Crippen molar-refractivity contribution in [2.45, 2.75) is 26.3 Å². The third kappa shape index (κ3) is 4.83. The predicted octanol–water partition coefficient (Wildman–Crippen LogP) is 4.18. The highest BCUT2D eigenvalue weighted by molar-refractivity contribution is 6.04. The zero-order chi connectivity index (χ0) is 17.6. The number of nitrogens with zero attached hydrogens (tertiary/aromatic N) is 1. The second kappa shape index (κ2) is 8.17. The first-order valence-corrected chi connectivity index (χ1v) is 8.91. The van der Waals surface area contributed by atoms with Crippen LogP contribution in [0.3, 0.4) is 0 Å². The molecule has 4 heteroatoms. The van der Waals surface area contributed by atoms with Crippen molar-refractivity contribution >= 4 is 11.6 Å². The van der Waals surface area contributed by atoms with Gasteiger partial charge in [0, 0.05) is 17.8 Å². The van der Waals surface area contributed by atoms with Gasteiger partial charge >= 0.3 is 0 Å². The molecule has 0 atom stereocenters. The van der Waals surface area contributed by atoms with Crippen LogP contribution in [0.15, 0.2) is 48.5 Å². The van der Waals surface area contributed by atoms with E-state index in [0.717, 1.165) is 23.9 Å². The Morgan fingerprint density at radius 1 is 1.08 bits per heavy atom. The topological polar surface area (TPSA) is 41.6 Å². The van der Waals surface area contributed by atoms with Crippen LogP contribution in [-0.2, 0) is 6.54 Å². The SMILES string of the molecule is COc1ccc(C(=O)Nc2ccc(CN3CCC(C)CC3)cc2)cc1. The summed E-state index contributed by atoms with van der Waals surface area (Å²) in [4.78, 5) is 14.8. The average molecular weight is 338 g/mol. The molecule has 0 bridgehead atoms. The van der Waals surface area contributed by atoms with Gasteiger partial charge in [-0.05, 0) is 73.8 Å². The van der Waals surface area contributed by atoms with Crippen LogP contribution in [0.5, 0.6) is 5.75 Å². The first-order chi connectivity index (χ1) is 12.1. The molecule has 25 heavy (non-hydrogen) atoms. The Morgan fingerprint density at radius 2 is 1.72 bits per heavy atom. The van der Waals surface area contributed by atoms with Crippen molar-refractivity contribution in [3.8, 4) is 5.75 Å². The molecule has 2 aromatic carbocycles. The van der Waals surface area contributed by atoms with Gasteiger partial charge in [0.25, 0.3) is 5.91 Å². The van der Waals surface area contributed by atoms with Crippen molar-refractivity contribution in [1.29, 1.82) is 0 Å². The third-order valence-corrected chi connectivity index (χ3v) is 4.85. The molecule has 1 amide bonds. The monoisotopic (exact) mass is 338 g/mol. The van der Waals surface area contributed by atoms with Crippen LogP contribution in [0.4, 0.5) is 5.69 Å². The van der Waals surface area contributed by atoms with Crippen LogP contribution >= 0.6 is 0 Å². The van der Waals surface area contributed by atoms with Crippen molar-refractivity contribution in [3.05, 3.63) is 59.7 Å². The first kappa shape index (κ1) is 17.5. The minimum absolute atomic E-state index is 0.111. The number of likely N-dealkylation sites (tertiary alicyclic amines) is 1. The summed E-state index contributed by atoms with van der Waals surface area (Å²) >= 11 is 0. The molecule has 1 saturated heterocycles. The molecular formula is C21H26N2O2. The summed E-state index contributed by atoms with van der Waals surface area (Å²) < 4.78 is 5.11. The molecule has 1 N–H and O–H groups in total. The van der Waals surface area contributed by atoms with E-state index in [4.69, 9.17) is 4.74 Å². The van der Waals surface area contributed by atoms with E-state index in [9.17, 15) is 4.79 Å². The smallest absolute Gasteiger partial charge is 0.255 e. The number of benzene rings is 2. The van der Waals surface area contributed by atoms with Crippen LogP contribution in [-0.4, -0.2) is 31.0 Å². The van der Waals surface area contributed by atoms with Crippen LogP contribution in [0.2, 0.25) is 0 Å². The summed E-state index contributed by atoms with van der Waals surface area (Å²) in [6.45, 7) is 5.67. The number of piperidine rings is 1. The number of hydrogen-bond acceptors (Lipinski definition) is 3. The van der Waals surface area contributed by atoms with Crippen molar-refractivity contribution in [1.82, 2.24) is 4.90 Å². The van der Waals surface area contributed by atoms with Crippen LogP contribution < -0.4 is 10.1 Å². The number of carbonyl (C=O) groups is 1. The predicted molar refractivity (Wildman–Crippen MR) is 101 cm³/mol. The molecule has 0 unspecified atom stereocenters. The lowest BCUT2D eigenvalue weighted by molar-refractivity contribution is 0.102. The lowest BCUT2D eigenvalue weighted by Gasteiger charge is -2.30. The van der Waals surface area contributed by atoms with E-state index in [2.05, 4.69) is 29.3 Å². The average Bonchev–Trinajstić information content (AvgIpc) is 2.65. The van der Waals surface area contributed by atoms with Gasteiger partial charge in [0.2, 0.25) is 0 Å². The molecule has 1 heterocycles. The maximum Gasteiger partial charge on any atom is 0.255 e. The largest absolute Gasteiger partial charge is 0.497 e. The van der Waals surface area contributed by atoms with E-state index in [-0.39, 0.29) is 5.91 Å². The second-order valence-electron chi connectivity index (χ2n) is 6.84. The van der Waals surface area contributed by atoms with E-state index in [0.29, 0.717) is 5.56 Å². The molecule has 1 aliphatic heterocycles. The van der Waals surface area contributed by atoms with Gasteiger partial charge in [0.15, 0.2) is 0 Å². The summed E-state index contributed by atoms with van der Waals surface area (Å²) in [5.74, 6) is 1.49. The molecular weight excluding hydrogens is 312 g/mol. The summed E-state index contributed by atoms with van der Waals surface area (Å²) in [5.41, 5.74) is 2.72. The molecule has 0 aromatic heterocycles. The number of amides is 1. The van der Waals surface area contributed by atoms with E-state index < -0.39 is 0 Å². The van der Waals surface area contributed by atoms with Crippen molar-refractivity contribution in [3.63, 3.8) is 0 Å². The number of carbonyl (C=O) groups excluding carboxylic acids is 1. The van der Waals surface area contributed by atoms with Gasteiger partial charge < -0.3 is 10.1 Å². The zero-order valence-corrected chi connectivity index (χ0v) is 15.0. The molecule has 4 nitrogen and oxygen atoms in total. The minimum Gasteiger partial charge on any atom is -0.497 e. The first-order valence-electron chi connectivity index (χ1n) is 8.91. The standard InChI is InChI=1S/C21H26N2O2/c1-16-11-13-23(14-12-16)15-17-3-7-19(8-4-17)22-21(24)18-5-9-20(25-2)10-6-18/h3-10,16H,11-15H2,1-2H3,(H,22,24). The highest BCUT2D eigenvalue weighted by atomic mass is 16.5. The molecule has 0 spiro atoms. The Hall–Kier alpha value is -2.33. The number of ether oxygens (including phenoxy) is 1. The third-order valence-electron chi connectivity index (χ3n) is 4.85. The highest BCUT2D eigenvalue weighted by Gasteiger charge is 2.15. The Kier molecular flexibility index (Phi) is 5.71.